The van der Waals surface area contributed by atoms with Crippen molar-refractivity contribution in [3.63, 3.8) is 0 Å². The van der Waals surface area contributed by atoms with Crippen LogP contribution in [-0.2, 0) is 6.54 Å². The molecule has 0 heterocycles. The molecule has 0 unspecified atom stereocenters. The van der Waals surface area contributed by atoms with Crippen LogP contribution in [-0.4, -0.2) is 51.2 Å². The lowest BCUT2D eigenvalue weighted by Crippen LogP contribution is -2.37. The first-order chi connectivity index (χ1) is 10.7. The Hall–Kier alpha value is -2.01. The molecule has 0 saturated heterocycles. The first-order valence-electron chi connectivity index (χ1n) is 7.65. The van der Waals surface area contributed by atoms with Crippen LogP contribution in [0.15, 0.2) is 41.9 Å². The molecule has 122 valence electrons. The van der Waals surface area contributed by atoms with E-state index in [-0.39, 0.29) is 0 Å². The monoisotopic (exact) mass is 304 g/mol. The van der Waals surface area contributed by atoms with Gasteiger partial charge >= 0.3 is 0 Å². The maximum atomic E-state index is 5.85. The number of rotatable bonds is 9. The Bertz CT molecular complexity index is 471. The van der Waals surface area contributed by atoms with E-state index in [1.807, 2.05) is 51.4 Å². The summed E-state index contributed by atoms with van der Waals surface area (Å²) in [6, 6.07) is 8.03. The Balaban J connectivity index is 2.67. The molecule has 5 nitrogen and oxygen atoms in total. The first kappa shape index (κ1) is 18.0. The van der Waals surface area contributed by atoms with Crippen LogP contribution in [0.5, 0.6) is 5.75 Å². The van der Waals surface area contributed by atoms with Crippen LogP contribution >= 0.6 is 0 Å². The predicted molar refractivity (Wildman–Crippen MR) is 93.5 cm³/mol. The average Bonchev–Trinajstić information content (AvgIpc) is 2.51. The van der Waals surface area contributed by atoms with Gasteiger partial charge in [0.1, 0.15) is 12.4 Å². The van der Waals surface area contributed by atoms with E-state index in [4.69, 9.17) is 4.74 Å². The van der Waals surface area contributed by atoms with Gasteiger partial charge in [-0.1, -0.05) is 24.3 Å². The Labute approximate surface area is 134 Å². The normalized spacial score (nSPS) is 11.4. The van der Waals surface area contributed by atoms with Gasteiger partial charge in [0.15, 0.2) is 5.96 Å². The fourth-order valence-electron chi connectivity index (χ4n) is 1.79. The summed E-state index contributed by atoms with van der Waals surface area (Å²) in [7, 11) is 4.07. The Morgan fingerprint density at radius 1 is 1.32 bits per heavy atom. The molecule has 0 aliphatic rings. The van der Waals surface area contributed by atoms with Gasteiger partial charge in [0, 0.05) is 25.2 Å². The molecular weight excluding hydrogens is 276 g/mol. The number of hydrogen-bond donors (Lipinski definition) is 2. The zero-order valence-electron chi connectivity index (χ0n) is 13.9. The molecular formula is C17H28N4O. The van der Waals surface area contributed by atoms with Crippen molar-refractivity contribution in [2.45, 2.75) is 13.5 Å². The maximum absolute atomic E-state index is 5.85. The Morgan fingerprint density at radius 3 is 2.77 bits per heavy atom. The number of nitrogens with one attached hydrogen (secondary N) is 2. The summed E-state index contributed by atoms with van der Waals surface area (Å²) in [6.45, 7) is 9.39. The van der Waals surface area contributed by atoms with Crippen LogP contribution in [0.4, 0.5) is 0 Å². The van der Waals surface area contributed by atoms with Gasteiger partial charge in [-0.25, -0.2) is 4.99 Å². The fourth-order valence-corrected chi connectivity index (χ4v) is 1.79. The van der Waals surface area contributed by atoms with E-state index >= 15 is 0 Å². The minimum Gasteiger partial charge on any atom is -0.492 e. The zero-order chi connectivity index (χ0) is 16.2. The molecule has 22 heavy (non-hydrogen) atoms. The second-order valence-electron chi connectivity index (χ2n) is 5.12. The Kier molecular flexibility index (Phi) is 8.76. The molecule has 1 rings (SSSR count). The van der Waals surface area contributed by atoms with Gasteiger partial charge in [-0.05, 0) is 27.1 Å². The summed E-state index contributed by atoms with van der Waals surface area (Å²) < 4.78 is 5.85. The molecule has 0 saturated carbocycles. The minimum atomic E-state index is 0.574. The third kappa shape index (κ3) is 7.13. The first-order valence-corrected chi connectivity index (χ1v) is 7.65. The van der Waals surface area contributed by atoms with Gasteiger partial charge in [-0.2, -0.15) is 0 Å². The zero-order valence-corrected chi connectivity index (χ0v) is 13.9. The second-order valence-corrected chi connectivity index (χ2v) is 5.12. The number of para-hydroxylation sites is 1. The van der Waals surface area contributed by atoms with Crippen molar-refractivity contribution in [1.29, 1.82) is 0 Å². The van der Waals surface area contributed by atoms with Crippen LogP contribution in [0.25, 0.3) is 0 Å². The SMILES string of the molecule is C=CCNC(=NCc1ccccc1OCCN(C)C)NCC. The molecule has 0 aromatic heterocycles. The fraction of sp³-hybridized carbons (Fsp3) is 0.471. The highest BCUT2D eigenvalue weighted by Gasteiger charge is 2.03. The van der Waals surface area contributed by atoms with Crippen LogP contribution < -0.4 is 15.4 Å². The molecule has 0 spiro atoms. The maximum Gasteiger partial charge on any atom is 0.191 e. The van der Waals surface area contributed by atoms with Gasteiger partial charge in [-0.3, -0.25) is 0 Å². The third-order valence-electron chi connectivity index (χ3n) is 2.93. The molecule has 0 aliphatic carbocycles. The molecule has 0 atom stereocenters. The third-order valence-corrected chi connectivity index (χ3v) is 2.93. The summed E-state index contributed by atoms with van der Waals surface area (Å²) >= 11 is 0. The number of benzene rings is 1. The van der Waals surface area contributed by atoms with E-state index in [1.165, 1.54) is 0 Å². The van der Waals surface area contributed by atoms with Crippen molar-refractivity contribution in [3.05, 3.63) is 42.5 Å². The molecule has 0 radical (unpaired) electrons. The minimum absolute atomic E-state index is 0.574. The van der Waals surface area contributed by atoms with Crippen LogP contribution in [0.2, 0.25) is 0 Å². The number of guanidine groups is 1. The van der Waals surface area contributed by atoms with Crippen molar-refractivity contribution in [2.75, 3.05) is 40.3 Å². The van der Waals surface area contributed by atoms with Crippen LogP contribution in [0, 0.1) is 0 Å². The molecule has 0 amide bonds. The van der Waals surface area contributed by atoms with Gasteiger partial charge in [0.2, 0.25) is 0 Å². The van der Waals surface area contributed by atoms with Crippen molar-refractivity contribution in [1.82, 2.24) is 15.5 Å². The van der Waals surface area contributed by atoms with E-state index in [2.05, 4.69) is 27.1 Å². The van der Waals surface area contributed by atoms with E-state index in [1.54, 1.807) is 0 Å². The molecule has 0 fully saturated rings. The lowest BCUT2D eigenvalue weighted by Gasteiger charge is -2.14. The smallest absolute Gasteiger partial charge is 0.191 e. The van der Waals surface area contributed by atoms with E-state index < -0.39 is 0 Å². The highest BCUT2D eigenvalue weighted by Crippen LogP contribution is 2.18. The topological polar surface area (TPSA) is 48.9 Å². The van der Waals surface area contributed by atoms with Crippen LogP contribution in [0.3, 0.4) is 0 Å². The Morgan fingerprint density at radius 2 is 2.09 bits per heavy atom. The predicted octanol–water partition coefficient (Wildman–Crippen LogP) is 1.87. The quantitative estimate of drug-likeness (QED) is 0.415. The van der Waals surface area contributed by atoms with Crippen LogP contribution in [0.1, 0.15) is 12.5 Å². The summed E-state index contributed by atoms with van der Waals surface area (Å²) in [5.74, 6) is 1.68. The van der Waals surface area contributed by atoms with Gasteiger partial charge in [0.25, 0.3) is 0 Å². The number of ether oxygens (including phenoxy) is 1. The number of aliphatic imine (C=N–C) groups is 1. The highest BCUT2D eigenvalue weighted by molar-refractivity contribution is 5.79. The standard InChI is InChI=1S/C17H28N4O/c1-5-11-19-17(18-6-2)20-14-15-9-7-8-10-16(15)22-13-12-21(3)4/h5,7-10H,1,6,11-14H2,2-4H3,(H2,18,19,20). The van der Waals surface area contributed by atoms with Crippen molar-refractivity contribution < 1.29 is 4.74 Å². The van der Waals surface area contributed by atoms with Crippen molar-refractivity contribution in [2.24, 2.45) is 4.99 Å². The second kappa shape index (κ2) is 10.7. The van der Waals surface area contributed by atoms with Gasteiger partial charge in [-0.15, -0.1) is 6.58 Å². The molecule has 2 N–H and O–H groups in total. The van der Waals surface area contributed by atoms with Gasteiger partial charge < -0.3 is 20.3 Å². The lowest BCUT2D eigenvalue weighted by molar-refractivity contribution is 0.259. The van der Waals surface area contributed by atoms with Crippen molar-refractivity contribution >= 4 is 5.96 Å². The summed E-state index contributed by atoms with van der Waals surface area (Å²) in [5.41, 5.74) is 1.08. The van der Waals surface area contributed by atoms with Gasteiger partial charge in [0.05, 0.1) is 6.54 Å². The summed E-state index contributed by atoms with van der Waals surface area (Å²) in [6.07, 6.45) is 1.81. The van der Waals surface area contributed by atoms with E-state index in [9.17, 15) is 0 Å². The average molecular weight is 304 g/mol. The van der Waals surface area contributed by atoms with Crippen molar-refractivity contribution in [3.8, 4) is 5.75 Å². The lowest BCUT2D eigenvalue weighted by atomic mass is 10.2. The van der Waals surface area contributed by atoms with E-state index in [0.29, 0.717) is 19.7 Å². The summed E-state index contributed by atoms with van der Waals surface area (Å²) in [5, 5.41) is 6.40. The molecule has 0 bridgehead atoms. The van der Waals surface area contributed by atoms with E-state index in [0.717, 1.165) is 30.4 Å². The molecule has 0 aliphatic heterocycles. The molecule has 5 heteroatoms. The number of hydrogen-bond acceptors (Lipinski definition) is 3. The number of nitrogens with zero attached hydrogens (tertiary/aromatic N) is 2. The highest BCUT2D eigenvalue weighted by atomic mass is 16.5. The molecule has 1 aromatic rings. The summed E-state index contributed by atoms with van der Waals surface area (Å²) in [4.78, 5) is 6.68. The molecule has 1 aromatic carbocycles. The largest absolute Gasteiger partial charge is 0.492 e. The number of likely N-dealkylation sites (N-methyl/N-ethyl adjacent to an activating group) is 1.